The maximum atomic E-state index is 11.9. The number of carbonyl (C=O) groups excluding carboxylic acids is 1. The first-order chi connectivity index (χ1) is 16.4. The van der Waals surface area contributed by atoms with E-state index in [2.05, 4.69) is 30.3 Å². The number of rotatable bonds is 8. The minimum atomic E-state index is -0.0876. The zero-order valence-corrected chi connectivity index (χ0v) is 20.2. The first-order valence-electron chi connectivity index (χ1n) is 11.2. The van der Waals surface area contributed by atoms with Crippen LogP contribution in [0.3, 0.4) is 0 Å². The molecule has 34 heavy (non-hydrogen) atoms. The number of aromatic nitrogens is 2. The Bertz CT molecular complexity index is 1150. The van der Waals surface area contributed by atoms with Gasteiger partial charge in [0.2, 0.25) is 5.91 Å². The summed E-state index contributed by atoms with van der Waals surface area (Å²) in [4.78, 5) is 18.0. The van der Waals surface area contributed by atoms with Gasteiger partial charge in [-0.05, 0) is 37.5 Å². The molecular formula is C26H31N5O3. The van der Waals surface area contributed by atoms with Crippen LogP contribution in [0.15, 0.2) is 48.1 Å². The Hall–Kier alpha value is -3.99. The van der Waals surface area contributed by atoms with Crippen LogP contribution in [-0.2, 0) is 4.79 Å². The van der Waals surface area contributed by atoms with Crippen molar-refractivity contribution >= 4 is 11.7 Å². The van der Waals surface area contributed by atoms with E-state index in [1.165, 1.54) is 6.08 Å². The highest BCUT2D eigenvalue weighted by Gasteiger charge is 2.33. The predicted molar refractivity (Wildman–Crippen MR) is 133 cm³/mol. The molecule has 1 amide bonds. The Kier molecular flexibility index (Phi) is 8.14. The van der Waals surface area contributed by atoms with E-state index in [1.807, 2.05) is 29.8 Å². The lowest BCUT2D eigenvalue weighted by atomic mass is 10.1. The SMILES string of the molecule is C=CC(=O)N1CC(n2nc(C#Cc3cc(OC)cc(OC)c3)c(/C(N)=N\C=C\CCC)c2C)C1. The fourth-order valence-corrected chi connectivity index (χ4v) is 3.64. The van der Waals surface area contributed by atoms with Crippen molar-refractivity contribution in [3.8, 4) is 23.3 Å². The van der Waals surface area contributed by atoms with E-state index in [1.54, 1.807) is 31.4 Å². The highest BCUT2D eigenvalue weighted by molar-refractivity contribution is 6.00. The molecule has 0 bridgehead atoms. The summed E-state index contributed by atoms with van der Waals surface area (Å²) >= 11 is 0. The number of amides is 1. The third-order valence-electron chi connectivity index (χ3n) is 5.55. The van der Waals surface area contributed by atoms with Gasteiger partial charge in [-0.25, -0.2) is 4.99 Å². The lowest BCUT2D eigenvalue weighted by Gasteiger charge is -2.39. The fourth-order valence-electron chi connectivity index (χ4n) is 3.64. The number of methoxy groups -OCH3 is 2. The average Bonchev–Trinajstić information content (AvgIpc) is 3.14. The van der Waals surface area contributed by atoms with Crippen LogP contribution in [-0.4, -0.2) is 53.7 Å². The summed E-state index contributed by atoms with van der Waals surface area (Å²) in [6.45, 7) is 8.71. The van der Waals surface area contributed by atoms with Gasteiger partial charge >= 0.3 is 0 Å². The number of likely N-dealkylation sites (tertiary alicyclic amines) is 1. The van der Waals surface area contributed by atoms with E-state index >= 15 is 0 Å². The first kappa shape index (κ1) is 24.6. The second kappa shape index (κ2) is 11.2. The number of carbonyl (C=O) groups is 1. The summed E-state index contributed by atoms with van der Waals surface area (Å²) in [5.74, 6) is 7.85. The summed E-state index contributed by atoms with van der Waals surface area (Å²) in [5, 5.41) is 4.75. The molecule has 0 aliphatic carbocycles. The van der Waals surface area contributed by atoms with Crippen LogP contribution in [0.25, 0.3) is 0 Å². The molecule has 0 unspecified atom stereocenters. The molecule has 1 saturated heterocycles. The van der Waals surface area contributed by atoms with Crippen molar-refractivity contribution in [1.82, 2.24) is 14.7 Å². The van der Waals surface area contributed by atoms with Gasteiger partial charge in [-0.2, -0.15) is 5.10 Å². The monoisotopic (exact) mass is 461 g/mol. The normalized spacial score (nSPS) is 13.9. The molecule has 8 nitrogen and oxygen atoms in total. The van der Waals surface area contributed by atoms with Gasteiger partial charge in [-0.15, -0.1) is 0 Å². The number of ether oxygens (including phenoxy) is 2. The van der Waals surface area contributed by atoms with E-state index < -0.39 is 0 Å². The van der Waals surface area contributed by atoms with Crippen LogP contribution in [0.1, 0.15) is 48.3 Å². The van der Waals surface area contributed by atoms with Crippen LogP contribution in [0.5, 0.6) is 11.5 Å². The van der Waals surface area contributed by atoms with Gasteiger partial charge < -0.3 is 20.1 Å². The van der Waals surface area contributed by atoms with Gasteiger partial charge in [-0.1, -0.05) is 31.9 Å². The van der Waals surface area contributed by atoms with Crippen LogP contribution in [0.2, 0.25) is 0 Å². The predicted octanol–water partition coefficient (Wildman–Crippen LogP) is 3.20. The molecule has 0 atom stereocenters. The number of nitrogens with zero attached hydrogens (tertiary/aromatic N) is 4. The van der Waals surface area contributed by atoms with Crippen LogP contribution in [0, 0.1) is 18.8 Å². The van der Waals surface area contributed by atoms with Crippen LogP contribution < -0.4 is 15.2 Å². The molecule has 1 aliphatic heterocycles. The smallest absolute Gasteiger partial charge is 0.246 e. The third-order valence-corrected chi connectivity index (χ3v) is 5.55. The van der Waals surface area contributed by atoms with E-state index in [9.17, 15) is 4.79 Å². The van der Waals surface area contributed by atoms with Gasteiger partial charge in [0.15, 0.2) is 0 Å². The standard InChI is InChI=1S/C26H31N5O3/c1-6-8-9-12-28-26(27)25-18(3)31(20-16-30(17-20)24(32)7-2)29-23(25)11-10-19-13-21(33-4)15-22(14-19)34-5/h7,9,12-15,20H,2,6,8,16-17H2,1,3-5H3,(H2,27,28)/b12-9+. The molecule has 1 aromatic carbocycles. The van der Waals surface area contributed by atoms with Crippen molar-refractivity contribution in [2.75, 3.05) is 27.3 Å². The van der Waals surface area contributed by atoms with Gasteiger partial charge in [-0.3, -0.25) is 9.48 Å². The van der Waals surface area contributed by atoms with Crippen LogP contribution >= 0.6 is 0 Å². The number of nitrogens with two attached hydrogens (primary N) is 1. The maximum Gasteiger partial charge on any atom is 0.246 e. The molecule has 178 valence electrons. The molecule has 0 spiro atoms. The number of benzene rings is 1. The van der Waals surface area contributed by atoms with Crippen molar-refractivity contribution in [3.05, 3.63) is 65.6 Å². The molecule has 1 aromatic heterocycles. The number of hydrogen-bond acceptors (Lipinski definition) is 5. The Labute approximate surface area is 200 Å². The lowest BCUT2D eigenvalue weighted by Crippen LogP contribution is -2.50. The average molecular weight is 462 g/mol. The zero-order chi connectivity index (χ0) is 24.7. The van der Waals surface area contributed by atoms with Crippen LogP contribution in [0.4, 0.5) is 0 Å². The van der Waals surface area contributed by atoms with Gasteiger partial charge in [0.05, 0.1) is 25.8 Å². The summed E-state index contributed by atoms with van der Waals surface area (Å²) in [7, 11) is 3.19. The van der Waals surface area contributed by atoms with Crippen molar-refractivity contribution in [2.45, 2.75) is 32.7 Å². The number of aliphatic imine (C=N–C) groups is 1. The molecule has 8 heteroatoms. The topological polar surface area (TPSA) is 95.0 Å². The van der Waals surface area contributed by atoms with E-state index in [4.69, 9.17) is 20.3 Å². The maximum absolute atomic E-state index is 11.9. The van der Waals surface area contributed by atoms with E-state index in [0.717, 1.165) is 24.1 Å². The molecule has 0 saturated carbocycles. The molecule has 3 rings (SSSR count). The largest absolute Gasteiger partial charge is 0.497 e. The van der Waals surface area contributed by atoms with E-state index in [0.29, 0.717) is 41.7 Å². The van der Waals surface area contributed by atoms with Crippen molar-refractivity contribution in [2.24, 2.45) is 10.7 Å². The molecule has 1 fully saturated rings. The number of unbranched alkanes of at least 4 members (excludes halogenated alkanes) is 1. The lowest BCUT2D eigenvalue weighted by molar-refractivity contribution is -0.131. The van der Waals surface area contributed by atoms with Gasteiger partial charge in [0, 0.05) is 36.6 Å². The zero-order valence-electron chi connectivity index (χ0n) is 20.2. The number of allylic oxidation sites excluding steroid dienone is 1. The fraction of sp³-hybridized carbons (Fsp3) is 0.346. The Morgan fingerprint density at radius 3 is 2.53 bits per heavy atom. The van der Waals surface area contributed by atoms with Crippen molar-refractivity contribution in [1.29, 1.82) is 0 Å². The highest BCUT2D eigenvalue weighted by atomic mass is 16.5. The Morgan fingerprint density at radius 1 is 1.26 bits per heavy atom. The number of hydrogen-bond donors (Lipinski definition) is 1. The summed E-state index contributed by atoms with van der Waals surface area (Å²) in [6, 6.07) is 5.48. The molecule has 2 aromatic rings. The second-order valence-electron chi connectivity index (χ2n) is 7.89. The minimum absolute atomic E-state index is 0.0403. The second-order valence-corrected chi connectivity index (χ2v) is 7.89. The van der Waals surface area contributed by atoms with Gasteiger partial charge in [0.1, 0.15) is 23.0 Å². The minimum Gasteiger partial charge on any atom is -0.497 e. The van der Waals surface area contributed by atoms with E-state index in [-0.39, 0.29) is 11.9 Å². The summed E-state index contributed by atoms with van der Waals surface area (Å²) in [5.41, 5.74) is 9.16. The summed E-state index contributed by atoms with van der Waals surface area (Å²) in [6.07, 6.45) is 6.97. The molecular weight excluding hydrogens is 430 g/mol. The van der Waals surface area contributed by atoms with Gasteiger partial charge in [0.25, 0.3) is 0 Å². The molecule has 0 radical (unpaired) electrons. The Balaban J connectivity index is 2.00. The van der Waals surface area contributed by atoms with Crippen molar-refractivity contribution in [3.63, 3.8) is 0 Å². The third kappa shape index (κ3) is 5.49. The molecule has 2 heterocycles. The number of amidine groups is 1. The molecule has 2 N–H and O–H groups in total. The Morgan fingerprint density at radius 2 is 1.94 bits per heavy atom. The highest BCUT2D eigenvalue weighted by Crippen LogP contribution is 2.26. The first-order valence-corrected chi connectivity index (χ1v) is 11.2. The quantitative estimate of drug-likeness (QED) is 0.282. The van der Waals surface area contributed by atoms with Crippen molar-refractivity contribution < 1.29 is 14.3 Å². The molecule has 1 aliphatic rings. The summed E-state index contributed by atoms with van der Waals surface area (Å²) < 4.78 is 12.6.